The monoisotopic (exact) mass is 412 g/mol. The summed E-state index contributed by atoms with van der Waals surface area (Å²) in [6.07, 6.45) is 7.79. The van der Waals surface area contributed by atoms with Gasteiger partial charge in [-0.2, -0.15) is 0 Å². The largest absolute Gasteiger partial charge is 0.454 e. The molecule has 0 spiro atoms. The van der Waals surface area contributed by atoms with E-state index >= 15 is 0 Å². The number of nitrogens with one attached hydrogen (secondary N) is 1. The quantitative estimate of drug-likeness (QED) is 0.673. The molecule has 2 heterocycles. The molecule has 3 atom stereocenters. The number of hydrogen-bond donors (Lipinski definition) is 1. The third-order valence-corrected chi connectivity index (χ3v) is 7.25. The lowest BCUT2D eigenvalue weighted by molar-refractivity contribution is 0.0901. The van der Waals surface area contributed by atoms with E-state index in [0.717, 1.165) is 29.9 Å². The highest BCUT2D eigenvalue weighted by molar-refractivity contribution is 5.94. The third kappa shape index (κ3) is 2.76. The summed E-state index contributed by atoms with van der Waals surface area (Å²) in [6, 6.07) is 18.5. The molecule has 0 saturated heterocycles. The summed E-state index contributed by atoms with van der Waals surface area (Å²) in [5, 5.41) is 3.37. The summed E-state index contributed by atoms with van der Waals surface area (Å²) in [6.45, 7) is 0.244. The number of pyridine rings is 1. The van der Waals surface area contributed by atoms with Gasteiger partial charge in [0.25, 0.3) is 5.91 Å². The number of fused-ring (bicyclic) bond motifs is 4. The van der Waals surface area contributed by atoms with Crippen LogP contribution < -0.4 is 14.8 Å². The van der Waals surface area contributed by atoms with E-state index in [1.54, 1.807) is 24.5 Å². The van der Waals surface area contributed by atoms with Crippen molar-refractivity contribution in [3.63, 3.8) is 0 Å². The predicted molar refractivity (Wildman–Crippen MR) is 116 cm³/mol. The van der Waals surface area contributed by atoms with Gasteiger partial charge in [0.05, 0.1) is 6.04 Å². The van der Waals surface area contributed by atoms with Crippen LogP contribution in [0.5, 0.6) is 11.5 Å². The van der Waals surface area contributed by atoms with E-state index in [4.69, 9.17) is 9.47 Å². The maximum Gasteiger partial charge on any atom is 0.251 e. The third-order valence-electron chi connectivity index (χ3n) is 7.25. The normalized spacial score (nSPS) is 25.5. The van der Waals surface area contributed by atoms with Crippen molar-refractivity contribution in [3.05, 3.63) is 89.2 Å². The predicted octanol–water partition coefficient (Wildman–Crippen LogP) is 4.77. The van der Waals surface area contributed by atoms with Crippen molar-refractivity contribution in [3.8, 4) is 11.5 Å². The Kier molecular flexibility index (Phi) is 4.23. The molecule has 6 rings (SSSR count). The Morgan fingerprint density at radius 2 is 1.77 bits per heavy atom. The van der Waals surface area contributed by atoms with E-state index in [1.807, 2.05) is 0 Å². The topological polar surface area (TPSA) is 60.5 Å². The molecule has 0 unspecified atom stereocenters. The van der Waals surface area contributed by atoms with Crippen LogP contribution in [0.2, 0.25) is 0 Å². The van der Waals surface area contributed by atoms with E-state index < -0.39 is 0 Å². The standard InChI is InChI=1S/C26H24N2O3/c29-25(17-9-12-27-13-10-17)28-24-19-14-22-23(31-16-30-22)15-21(19)26(11-5-4-8-20(24)26)18-6-2-1-3-7-18/h1-3,6-7,9-10,12-15,20,24H,4-5,8,11,16H2,(H,28,29)/t20-,24-,26+/m0/s1. The average molecular weight is 412 g/mol. The second-order valence-corrected chi connectivity index (χ2v) is 8.67. The molecule has 1 fully saturated rings. The van der Waals surface area contributed by atoms with Crippen LogP contribution in [0.25, 0.3) is 0 Å². The highest BCUT2D eigenvalue weighted by Crippen LogP contribution is 2.61. The fourth-order valence-electron chi connectivity index (χ4n) is 5.96. The minimum Gasteiger partial charge on any atom is -0.454 e. The number of rotatable bonds is 3. The summed E-state index contributed by atoms with van der Waals surface area (Å²) in [5.41, 5.74) is 4.24. The summed E-state index contributed by atoms with van der Waals surface area (Å²) in [5.74, 6) is 1.79. The number of amides is 1. The lowest BCUT2D eigenvalue weighted by Gasteiger charge is -2.42. The van der Waals surface area contributed by atoms with E-state index in [9.17, 15) is 4.79 Å². The molecule has 3 aliphatic rings. The molecule has 0 bridgehead atoms. The number of hydrogen-bond acceptors (Lipinski definition) is 4. The Labute approximate surface area is 181 Å². The molecule has 31 heavy (non-hydrogen) atoms. The van der Waals surface area contributed by atoms with Gasteiger partial charge in [0, 0.05) is 23.4 Å². The fraction of sp³-hybridized carbons (Fsp3) is 0.308. The maximum atomic E-state index is 13.2. The molecule has 2 aromatic carbocycles. The maximum absolute atomic E-state index is 13.2. The number of carbonyl (C=O) groups is 1. The highest BCUT2D eigenvalue weighted by atomic mass is 16.7. The van der Waals surface area contributed by atoms with Gasteiger partial charge in [0.2, 0.25) is 6.79 Å². The molecule has 1 saturated carbocycles. The Morgan fingerprint density at radius 1 is 1.00 bits per heavy atom. The first-order valence-corrected chi connectivity index (χ1v) is 11.0. The molecular weight excluding hydrogens is 388 g/mol. The molecule has 1 aliphatic heterocycles. The number of benzene rings is 2. The van der Waals surface area contributed by atoms with Crippen molar-refractivity contribution in [2.24, 2.45) is 5.92 Å². The Morgan fingerprint density at radius 3 is 2.58 bits per heavy atom. The van der Waals surface area contributed by atoms with Crippen LogP contribution in [0.3, 0.4) is 0 Å². The molecule has 0 radical (unpaired) electrons. The lowest BCUT2D eigenvalue weighted by Crippen LogP contribution is -2.41. The molecule has 5 heteroatoms. The SMILES string of the molecule is O=C(N[C@H]1c2cc3c(cc2[C@@]2(c4ccccc4)CCCC[C@@H]12)OCO3)c1ccncc1. The van der Waals surface area contributed by atoms with E-state index in [0.29, 0.717) is 5.56 Å². The molecule has 1 N–H and O–H groups in total. The van der Waals surface area contributed by atoms with Crippen LogP contribution in [-0.2, 0) is 5.41 Å². The number of carbonyl (C=O) groups excluding carboxylic acids is 1. The van der Waals surface area contributed by atoms with Gasteiger partial charge in [-0.3, -0.25) is 9.78 Å². The van der Waals surface area contributed by atoms with Crippen LogP contribution >= 0.6 is 0 Å². The summed E-state index contributed by atoms with van der Waals surface area (Å²) in [7, 11) is 0. The van der Waals surface area contributed by atoms with Crippen molar-refractivity contribution >= 4 is 5.91 Å². The molecule has 156 valence electrons. The van der Waals surface area contributed by atoms with Gasteiger partial charge in [-0.1, -0.05) is 43.2 Å². The number of ether oxygens (including phenoxy) is 2. The van der Waals surface area contributed by atoms with Gasteiger partial charge in [-0.15, -0.1) is 0 Å². The van der Waals surface area contributed by atoms with Crippen LogP contribution in [0.15, 0.2) is 67.0 Å². The van der Waals surface area contributed by atoms with Gasteiger partial charge in [-0.25, -0.2) is 0 Å². The zero-order chi connectivity index (χ0) is 20.8. The van der Waals surface area contributed by atoms with Gasteiger partial charge in [0.1, 0.15) is 0 Å². The zero-order valence-corrected chi connectivity index (χ0v) is 17.2. The fourth-order valence-corrected chi connectivity index (χ4v) is 5.96. The van der Waals surface area contributed by atoms with Crippen LogP contribution in [0.4, 0.5) is 0 Å². The smallest absolute Gasteiger partial charge is 0.251 e. The van der Waals surface area contributed by atoms with Gasteiger partial charge >= 0.3 is 0 Å². The van der Waals surface area contributed by atoms with Crippen LogP contribution in [0.1, 0.15) is 58.8 Å². The Bertz CT molecular complexity index is 1130. The Hall–Kier alpha value is -3.34. The zero-order valence-electron chi connectivity index (χ0n) is 17.2. The molecule has 3 aromatic rings. The van der Waals surface area contributed by atoms with Crippen LogP contribution in [0, 0.1) is 5.92 Å². The second kappa shape index (κ2) is 7.12. The molecule has 2 aliphatic carbocycles. The lowest BCUT2D eigenvalue weighted by atomic mass is 9.61. The molecule has 5 nitrogen and oxygen atoms in total. The molecule has 1 amide bonds. The molecule has 1 aromatic heterocycles. The number of aromatic nitrogens is 1. The second-order valence-electron chi connectivity index (χ2n) is 8.67. The minimum absolute atomic E-state index is 0.0644. The number of nitrogens with zero attached hydrogens (tertiary/aromatic N) is 1. The van der Waals surface area contributed by atoms with Crippen molar-refractivity contribution in [2.75, 3.05) is 6.79 Å². The first-order valence-electron chi connectivity index (χ1n) is 11.0. The van der Waals surface area contributed by atoms with Crippen molar-refractivity contribution in [1.29, 1.82) is 0 Å². The minimum atomic E-state index is -0.133. The van der Waals surface area contributed by atoms with Crippen LogP contribution in [-0.4, -0.2) is 17.7 Å². The Balaban J connectivity index is 1.51. The van der Waals surface area contributed by atoms with Crippen molar-refractivity contribution in [2.45, 2.75) is 37.1 Å². The van der Waals surface area contributed by atoms with Crippen molar-refractivity contribution < 1.29 is 14.3 Å². The van der Waals surface area contributed by atoms with Crippen molar-refractivity contribution in [1.82, 2.24) is 10.3 Å². The average Bonchev–Trinajstić information content (AvgIpc) is 3.40. The van der Waals surface area contributed by atoms with Gasteiger partial charge in [-0.05, 0) is 59.7 Å². The highest BCUT2D eigenvalue weighted by Gasteiger charge is 2.55. The van der Waals surface area contributed by atoms with E-state index in [2.05, 4.69) is 52.8 Å². The first-order chi connectivity index (χ1) is 15.3. The molecular formula is C26H24N2O3. The summed E-state index contributed by atoms with van der Waals surface area (Å²) >= 11 is 0. The van der Waals surface area contributed by atoms with E-state index in [1.165, 1.54) is 24.0 Å². The summed E-state index contributed by atoms with van der Waals surface area (Å²) < 4.78 is 11.5. The first kappa shape index (κ1) is 18.4. The van der Waals surface area contributed by atoms with Gasteiger partial charge < -0.3 is 14.8 Å². The summed E-state index contributed by atoms with van der Waals surface area (Å²) in [4.78, 5) is 17.2. The van der Waals surface area contributed by atoms with Gasteiger partial charge in [0.15, 0.2) is 11.5 Å². The van der Waals surface area contributed by atoms with E-state index in [-0.39, 0.29) is 30.1 Å².